The third-order valence-corrected chi connectivity index (χ3v) is 6.52. The molecule has 4 rings (SSSR count). The number of hydrogen-bond donors (Lipinski definition) is 2. The number of likely N-dealkylation sites (tertiary alicyclic amines) is 1. The minimum absolute atomic E-state index is 0. The number of piperidine rings is 1. The monoisotopic (exact) mass is 442 g/mol. The van der Waals surface area contributed by atoms with Crippen LogP contribution in [0.2, 0.25) is 0 Å². The Morgan fingerprint density at radius 1 is 1.37 bits per heavy atom. The second-order valence-electron chi connectivity index (χ2n) is 7.06. The molecule has 3 N–H and O–H groups in total. The number of carboxylic acids is 1. The first-order valence-electron chi connectivity index (χ1n) is 9.16. The summed E-state index contributed by atoms with van der Waals surface area (Å²) in [6, 6.07) is 2.34. The smallest absolute Gasteiger partial charge is 0.543 e. The summed E-state index contributed by atoms with van der Waals surface area (Å²) >= 11 is 1.60. The van der Waals surface area contributed by atoms with Gasteiger partial charge in [0, 0.05) is 23.9 Å². The van der Waals surface area contributed by atoms with Crippen molar-refractivity contribution in [2.45, 2.75) is 24.9 Å². The van der Waals surface area contributed by atoms with Crippen LogP contribution in [-0.2, 0) is 20.7 Å². The van der Waals surface area contributed by atoms with E-state index in [-0.39, 0.29) is 60.4 Å². The van der Waals surface area contributed by atoms with Crippen molar-refractivity contribution in [3.8, 4) is 0 Å². The molecule has 0 aromatic carbocycles. The van der Waals surface area contributed by atoms with E-state index in [2.05, 4.69) is 5.32 Å². The maximum Gasteiger partial charge on any atom is 1.00 e. The van der Waals surface area contributed by atoms with Crippen molar-refractivity contribution < 1.29 is 58.6 Å². The molecule has 3 aliphatic heterocycles. The predicted molar refractivity (Wildman–Crippen MR) is 98.2 cm³/mol. The number of primary amides is 1. The van der Waals surface area contributed by atoms with Gasteiger partial charge in [-0.3, -0.25) is 4.79 Å². The van der Waals surface area contributed by atoms with E-state index < -0.39 is 30.1 Å². The van der Waals surface area contributed by atoms with Crippen LogP contribution in [0.25, 0.3) is 0 Å². The molecule has 3 atom stereocenters. The number of β-lactam (4-membered cyclic amide) rings is 1. The molecule has 3 aliphatic rings. The van der Waals surface area contributed by atoms with Gasteiger partial charge in [-0.15, -0.1) is 11.3 Å². The number of nitrogens with two attached hydrogens (primary N) is 1. The topological polar surface area (TPSA) is 145 Å². The first kappa shape index (κ1) is 22.6. The van der Waals surface area contributed by atoms with E-state index in [9.17, 15) is 24.3 Å². The Bertz CT molecular complexity index is 904. The molecule has 0 bridgehead atoms. The maximum atomic E-state index is 12.7. The number of carbonyl (C=O) groups excluding carboxylic acids is 4. The Morgan fingerprint density at radius 2 is 2.13 bits per heavy atom. The molecule has 12 heteroatoms. The molecule has 1 aromatic heterocycles. The molecule has 4 heterocycles. The quantitative estimate of drug-likeness (QED) is 0.340. The summed E-state index contributed by atoms with van der Waals surface area (Å²) in [7, 11) is 0. The normalized spacial score (nSPS) is 24.0. The third kappa shape index (κ3) is 3.82. The Balaban J connectivity index is 0.00000256. The van der Waals surface area contributed by atoms with Crippen LogP contribution in [0.5, 0.6) is 0 Å². The van der Waals surface area contributed by atoms with Gasteiger partial charge in [0.2, 0.25) is 0 Å². The average Bonchev–Trinajstić information content (AvgIpc) is 3.29. The zero-order valence-corrected chi connectivity index (χ0v) is 19.1. The van der Waals surface area contributed by atoms with Gasteiger partial charge < -0.3 is 35.5 Å². The van der Waals surface area contributed by atoms with E-state index in [4.69, 9.17) is 10.5 Å². The Kier molecular flexibility index (Phi) is 6.75. The number of nitrogens with one attached hydrogen (secondary N) is 1. The van der Waals surface area contributed by atoms with E-state index in [1.165, 1.54) is 4.90 Å². The Morgan fingerprint density at radius 3 is 2.77 bits per heavy atom. The van der Waals surface area contributed by atoms with Crippen molar-refractivity contribution in [2.24, 2.45) is 11.7 Å². The number of urea groups is 1. The number of thiophene rings is 1. The van der Waals surface area contributed by atoms with Crippen LogP contribution in [0.1, 0.15) is 11.3 Å². The van der Waals surface area contributed by atoms with Crippen molar-refractivity contribution in [2.75, 3.05) is 19.7 Å². The van der Waals surface area contributed by atoms with Crippen LogP contribution in [0.15, 0.2) is 28.8 Å². The van der Waals surface area contributed by atoms with Crippen LogP contribution in [0.4, 0.5) is 9.59 Å². The molecule has 0 aliphatic carbocycles. The first-order valence-corrected chi connectivity index (χ1v) is 10.0. The zero-order chi connectivity index (χ0) is 20.7. The van der Waals surface area contributed by atoms with Gasteiger partial charge in [0.25, 0.3) is 5.91 Å². The Hall–Kier alpha value is -2.08. The van der Waals surface area contributed by atoms with Gasteiger partial charge >= 0.3 is 41.7 Å². The van der Waals surface area contributed by atoms with Crippen LogP contribution in [0.3, 0.4) is 0 Å². The fraction of sp³-hybridized carbons (Fsp3) is 0.444. The van der Waals surface area contributed by atoms with Crippen molar-refractivity contribution >= 4 is 35.3 Å². The van der Waals surface area contributed by atoms with Gasteiger partial charge in [-0.2, -0.15) is 0 Å². The molecule has 0 radical (unpaired) electrons. The standard InChI is InChI=1S/C18H20N4O6S.Na/c19-17(26)28-8-11-10-4-6-21(18(27)20-5-3-9-2-1-7-29-9)14-12(10)22(15(14)23)13(11)16(24)25;/h1-2,7,10,12,14H,3-6,8H2,(H2,19,26)(H,20,27)(H,24,25);/q;+1/p-1/t10?,12-,14+;/m1./s1. The zero-order valence-electron chi connectivity index (χ0n) is 16.3. The number of hydrogen-bond acceptors (Lipinski definition) is 7. The summed E-state index contributed by atoms with van der Waals surface area (Å²) in [5, 5.41) is 16.4. The first-order chi connectivity index (χ1) is 13.9. The summed E-state index contributed by atoms with van der Waals surface area (Å²) in [6.45, 7) is 0.411. The van der Waals surface area contributed by atoms with Crippen molar-refractivity contribution in [3.05, 3.63) is 33.7 Å². The molecule has 154 valence electrons. The van der Waals surface area contributed by atoms with Crippen molar-refractivity contribution in [1.29, 1.82) is 0 Å². The minimum Gasteiger partial charge on any atom is -0.543 e. The van der Waals surface area contributed by atoms with Crippen LogP contribution < -0.4 is 45.7 Å². The summed E-state index contributed by atoms with van der Waals surface area (Å²) < 4.78 is 4.78. The molecule has 2 saturated heterocycles. The van der Waals surface area contributed by atoms with Gasteiger partial charge in [0.05, 0.1) is 17.7 Å². The molecule has 30 heavy (non-hydrogen) atoms. The predicted octanol–water partition coefficient (Wildman–Crippen LogP) is -3.98. The SMILES string of the molecule is NC(=O)OCC1=C(C(=O)[O-])N2C(=O)[C@@H]3[C@H]2C1CCN3C(=O)NCCc1cccs1.[Na+]. The number of carboxylic acid groups (broad SMARTS) is 1. The van der Waals surface area contributed by atoms with E-state index in [1.54, 1.807) is 11.3 Å². The molecule has 0 spiro atoms. The van der Waals surface area contributed by atoms with E-state index in [0.717, 1.165) is 9.78 Å². The second kappa shape index (κ2) is 8.96. The molecule has 4 amide bonds. The van der Waals surface area contributed by atoms with Crippen molar-refractivity contribution in [1.82, 2.24) is 15.1 Å². The fourth-order valence-corrected chi connectivity index (χ4v) is 5.11. The average molecular weight is 442 g/mol. The number of aliphatic carboxylic acids is 1. The van der Waals surface area contributed by atoms with Gasteiger partial charge in [0.1, 0.15) is 12.6 Å². The minimum atomic E-state index is -1.51. The van der Waals surface area contributed by atoms with E-state index in [1.807, 2.05) is 17.5 Å². The van der Waals surface area contributed by atoms with Crippen molar-refractivity contribution in [3.63, 3.8) is 0 Å². The molecule has 2 fully saturated rings. The summed E-state index contributed by atoms with van der Waals surface area (Å²) in [5.41, 5.74) is 5.02. The largest absolute Gasteiger partial charge is 1.00 e. The number of ether oxygens (including phenoxy) is 1. The van der Waals surface area contributed by atoms with Gasteiger partial charge in [0.15, 0.2) is 0 Å². The van der Waals surface area contributed by atoms with Gasteiger partial charge in [-0.05, 0) is 29.9 Å². The van der Waals surface area contributed by atoms with Crippen LogP contribution in [-0.4, -0.2) is 65.6 Å². The van der Waals surface area contributed by atoms with E-state index >= 15 is 0 Å². The van der Waals surface area contributed by atoms with Gasteiger partial charge in [-0.1, -0.05) is 6.07 Å². The molecule has 10 nitrogen and oxygen atoms in total. The molecule has 1 unspecified atom stereocenters. The second-order valence-corrected chi connectivity index (χ2v) is 8.09. The maximum absolute atomic E-state index is 12.7. The molecular formula is C18H19N4NaO6S. The molecule has 0 saturated carbocycles. The number of rotatable bonds is 6. The molecule has 1 aromatic rings. The van der Waals surface area contributed by atoms with E-state index in [0.29, 0.717) is 25.0 Å². The fourth-order valence-electron chi connectivity index (χ4n) is 4.40. The summed E-state index contributed by atoms with van der Waals surface area (Å²) in [5.74, 6) is -2.30. The summed E-state index contributed by atoms with van der Waals surface area (Å²) in [6.07, 6.45) is 0.103. The van der Waals surface area contributed by atoms with Crippen LogP contribution in [0, 0.1) is 5.92 Å². The van der Waals surface area contributed by atoms with Crippen LogP contribution >= 0.6 is 11.3 Å². The number of carbonyl (C=O) groups is 4. The summed E-state index contributed by atoms with van der Waals surface area (Å²) in [4.78, 5) is 51.6. The Labute approximate surface area is 198 Å². The van der Waals surface area contributed by atoms with Gasteiger partial charge in [-0.25, -0.2) is 9.59 Å². The third-order valence-electron chi connectivity index (χ3n) is 5.59. The number of amides is 4. The molecular weight excluding hydrogens is 423 g/mol. The number of nitrogens with zero attached hydrogens (tertiary/aromatic N) is 2.